The number of rotatable bonds is 4. The summed E-state index contributed by atoms with van der Waals surface area (Å²) in [5.74, 6) is -2.78. The number of carbonyl (C=O) groups excluding carboxylic acids is 3. The summed E-state index contributed by atoms with van der Waals surface area (Å²) < 4.78 is 15.5. The van der Waals surface area contributed by atoms with Crippen LogP contribution in [0, 0.1) is 0 Å². The van der Waals surface area contributed by atoms with Gasteiger partial charge in [-0.3, -0.25) is 4.79 Å². The third-order valence-electron chi connectivity index (χ3n) is 5.19. The first-order valence-electron chi connectivity index (χ1n) is 10.2. The van der Waals surface area contributed by atoms with Gasteiger partial charge < -0.3 is 29.3 Å². The van der Waals surface area contributed by atoms with Gasteiger partial charge in [0.25, 0.3) is 11.7 Å². The quantitative estimate of drug-likeness (QED) is 0.441. The molecule has 0 saturated carbocycles. The molecular formula is C22H25N3O6. The van der Waals surface area contributed by atoms with Gasteiger partial charge in [0.1, 0.15) is 0 Å². The van der Waals surface area contributed by atoms with Gasteiger partial charge in [0.2, 0.25) is 0 Å². The highest BCUT2D eigenvalue weighted by Gasteiger charge is 2.39. The van der Waals surface area contributed by atoms with Gasteiger partial charge in [-0.2, -0.15) is 0 Å². The van der Waals surface area contributed by atoms with E-state index < -0.39 is 17.7 Å². The highest BCUT2D eigenvalue weighted by Crippen LogP contribution is 2.26. The second-order valence-corrected chi connectivity index (χ2v) is 7.86. The minimum Gasteiger partial charge on any atom is -0.419 e. The SMILES string of the molecule is CC1(C)OC(=O)C(=CNc2ccc(N3CCC=C(N4CCOCC4)C3=O)cc2)C(=O)O1. The molecule has 3 heterocycles. The van der Waals surface area contributed by atoms with Crippen molar-refractivity contribution in [3.63, 3.8) is 0 Å². The Kier molecular flexibility index (Phi) is 5.69. The normalized spacial score (nSPS) is 21.3. The van der Waals surface area contributed by atoms with E-state index in [1.165, 1.54) is 20.0 Å². The minimum absolute atomic E-state index is 0.0220. The smallest absolute Gasteiger partial charge is 0.350 e. The standard InChI is InChI=1S/C22H25N3O6/c1-22(2)30-20(27)17(21(28)31-22)14-23-15-5-7-16(8-6-15)25-9-3-4-18(19(25)26)24-10-12-29-13-11-24/h4-8,14,23H,3,9-13H2,1-2H3. The summed E-state index contributed by atoms with van der Waals surface area (Å²) in [6.07, 6.45) is 4.04. The number of amides is 1. The van der Waals surface area contributed by atoms with Crippen molar-refractivity contribution in [3.05, 3.63) is 47.8 Å². The predicted octanol–water partition coefficient (Wildman–Crippen LogP) is 1.77. The van der Waals surface area contributed by atoms with E-state index in [1.807, 2.05) is 18.2 Å². The summed E-state index contributed by atoms with van der Waals surface area (Å²) in [7, 11) is 0. The number of anilines is 2. The highest BCUT2D eigenvalue weighted by molar-refractivity contribution is 6.15. The lowest BCUT2D eigenvalue weighted by Crippen LogP contribution is -2.45. The summed E-state index contributed by atoms with van der Waals surface area (Å²) in [6.45, 7) is 6.27. The van der Waals surface area contributed by atoms with Gasteiger partial charge in [0.15, 0.2) is 5.57 Å². The molecule has 0 aromatic heterocycles. The molecule has 0 unspecified atom stereocenters. The van der Waals surface area contributed by atoms with Crippen LogP contribution in [-0.2, 0) is 28.6 Å². The van der Waals surface area contributed by atoms with E-state index in [9.17, 15) is 14.4 Å². The van der Waals surface area contributed by atoms with Crippen LogP contribution in [0.25, 0.3) is 0 Å². The molecular weight excluding hydrogens is 402 g/mol. The maximum absolute atomic E-state index is 13.0. The molecule has 4 rings (SSSR count). The zero-order chi connectivity index (χ0) is 22.0. The van der Waals surface area contributed by atoms with Crippen LogP contribution in [0.5, 0.6) is 0 Å². The minimum atomic E-state index is -1.28. The molecule has 0 aliphatic carbocycles. The van der Waals surface area contributed by atoms with Crippen molar-refractivity contribution < 1.29 is 28.6 Å². The van der Waals surface area contributed by atoms with Gasteiger partial charge in [-0.1, -0.05) is 6.08 Å². The maximum atomic E-state index is 13.0. The number of esters is 2. The lowest BCUT2D eigenvalue weighted by molar-refractivity contribution is -0.222. The summed E-state index contributed by atoms with van der Waals surface area (Å²) in [5.41, 5.74) is 1.93. The van der Waals surface area contributed by atoms with Crippen LogP contribution in [0.15, 0.2) is 47.8 Å². The number of hydrogen-bond donors (Lipinski definition) is 1. The maximum Gasteiger partial charge on any atom is 0.350 e. The predicted molar refractivity (Wildman–Crippen MR) is 112 cm³/mol. The molecule has 164 valence electrons. The van der Waals surface area contributed by atoms with Crippen molar-refractivity contribution in [1.29, 1.82) is 0 Å². The van der Waals surface area contributed by atoms with Gasteiger partial charge in [0, 0.05) is 51.1 Å². The average molecular weight is 427 g/mol. The monoisotopic (exact) mass is 427 g/mol. The lowest BCUT2D eigenvalue weighted by Gasteiger charge is -2.35. The van der Waals surface area contributed by atoms with Crippen LogP contribution in [0.1, 0.15) is 20.3 Å². The Balaban J connectivity index is 1.43. The van der Waals surface area contributed by atoms with E-state index in [1.54, 1.807) is 17.0 Å². The fraction of sp³-hybridized carbons (Fsp3) is 0.409. The number of morpholine rings is 1. The van der Waals surface area contributed by atoms with Crippen LogP contribution in [0.4, 0.5) is 11.4 Å². The zero-order valence-corrected chi connectivity index (χ0v) is 17.6. The third-order valence-corrected chi connectivity index (χ3v) is 5.19. The van der Waals surface area contributed by atoms with Crippen LogP contribution in [0.3, 0.4) is 0 Å². The molecule has 9 heteroatoms. The Morgan fingerprint density at radius 3 is 2.26 bits per heavy atom. The van der Waals surface area contributed by atoms with Gasteiger partial charge in [-0.15, -0.1) is 0 Å². The third kappa shape index (κ3) is 4.56. The average Bonchev–Trinajstić information content (AvgIpc) is 2.74. The molecule has 0 atom stereocenters. The molecule has 1 aromatic carbocycles. The fourth-order valence-corrected chi connectivity index (χ4v) is 3.64. The number of nitrogens with zero attached hydrogens (tertiary/aromatic N) is 2. The van der Waals surface area contributed by atoms with Crippen LogP contribution in [0.2, 0.25) is 0 Å². The number of carbonyl (C=O) groups is 3. The summed E-state index contributed by atoms with van der Waals surface area (Å²) in [4.78, 5) is 40.9. The topological polar surface area (TPSA) is 97.4 Å². The molecule has 3 aliphatic rings. The van der Waals surface area contributed by atoms with E-state index in [4.69, 9.17) is 14.2 Å². The summed E-state index contributed by atoms with van der Waals surface area (Å²) >= 11 is 0. The molecule has 1 amide bonds. The molecule has 1 N–H and O–H groups in total. The molecule has 31 heavy (non-hydrogen) atoms. The molecule has 9 nitrogen and oxygen atoms in total. The number of cyclic esters (lactones) is 2. The van der Waals surface area contributed by atoms with Crippen molar-refractivity contribution in [3.8, 4) is 0 Å². The van der Waals surface area contributed by atoms with Crippen molar-refractivity contribution >= 4 is 29.2 Å². The molecule has 3 aliphatic heterocycles. The Hall–Kier alpha value is -3.33. The largest absolute Gasteiger partial charge is 0.419 e. The first kappa shape index (κ1) is 20.9. The number of ether oxygens (including phenoxy) is 3. The molecule has 1 aromatic rings. The fourth-order valence-electron chi connectivity index (χ4n) is 3.64. The van der Waals surface area contributed by atoms with E-state index in [0.29, 0.717) is 38.5 Å². The molecule has 2 fully saturated rings. The number of benzene rings is 1. The van der Waals surface area contributed by atoms with Crippen molar-refractivity contribution in [2.75, 3.05) is 43.1 Å². The van der Waals surface area contributed by atoms with Gasteiger partial charge in [0.05, 0.1) is 18.9 Å². The van der Waals surface area contributed by atoms with E-state index in [-0.39, 0.29) is 11.5 Å². The van der Waals surface area contributed by atoms with Gasteiger partial charge >= 0.3 is 11.9 Å². The lowest BCUT2D eigenvalue weighted by atomic mass is 10.1. The second kappa shape index (κ2) is 8.43. The molecule has 0 bridgehead atoms. The van der Waals surface area contributed by atoms with Gasteiger partial charge in [-0.05, 0) is 30.7 Å². The van der Waals surface area contributed by atoms with Crippen LogP contribution >= 0.6 is 0 Å². The Morgan fingerprint density at radius 1 is 0.968 bits per heavy atom. The van der Waals surface area contributed by atoms with Gasteiger partial charge in [-0.25, -0.2) is 9.59 Å². The summed E-state index contributed by atoms with van der Waals surface area (Å²) in [6, 6.07) is 7.19. The van der Waals surface area contributed by atoms with E-state index in [2.05, 4.69) is 10.2 Å². The summed E-state index contributed by atoms with van der Waals surface area (Å²) in [5, 5.41) is 2.90. The first-order valence-corrected chi connectivity index (χ1v) is 10.2. The van der Waals surface area contributed by atoms with Crippen molar-refractivity contribution in [2.45, 2.75) is 26.1 Å². The zero-order valence-electron chi connectivity index (χ0n) is 17.6. The van der Waals surface area contributed by atoms with Crippen molar-refractivity contribution in [2.24, 2.45) is 0 Å². The molecule has 2 saturated heterocycles. The van der Waals surface area contributed by atoms with E-state index in [0.717, 1.165) is 17.8 Å². The second-order valence-electron chi connectivity index (χ2n) is 7.86. The Labute approximate surface area is 180 Å². The van der Waals surface area contributed by atoms with Crippen LogP contribution in [-0.4, -0.2) is 61.4 Å². The Bertz CT molecular complexity index is 922. The highest BCUT2D eigenvalue weighted by atomic mass is 16.7. The molecule has 0 spiro atoms. The number of hydrogen-bond acceptors (Lipinski definition) is 8. The molecule has 0 radical (unpaired) electrons. The van der Waals surface area contributed by atoms with Crippen LogP contribution < -0.4 is 10.2 Å². The van der Waals surface area contributed by atoms with E-state index >= 15 is 0 Å². The first-order chi connectivity index (χ1) is 14.8. The Morgan fingerprint density at radius 2 is 1.61 bits per heavy atom. The van der Waals surface area contributed by atoms with Crippen molar-refractivity contribution in [1.82, 2.24) is 4.90 Å². The number of nitrogens with one attached hydrogen (secondary N) is 1.